The van der Waals surface area contributed by atoms with Gasteiger partial charge in [-0.1, -0.05) is 18.5 Å². The highest BCUT2D eigenvalue weighted by Crippen LogP contribution is 2.36. The van der Waals surface area contributed by atoms with E-state index in [1.165, 1.54) is 22.2 Å². The molecule has 1 amide bonds. The molecule has 2 heterocycles. The van der Waals surface area contributed by atoms with Crippen molar-refractivity contribution in [1.29, 1.82) is 0 Å². The van der Waals surface area contributed by atoms with Crippen molar-refractivity contribution < 1.29 is 19.4 Å². The molecule has 1 aliphatic carbocycles. The van der Waals surface area contributed by atoms with Crippen LogP contribution in [-0.4, -0.2) is 33.0 Å². The average molecular weight is 426 g/mol. The number of nitrogens with zero attached hydrogens (tertiary/aromatic N) is 3. The first-order chi connectivity index (χ1) is 13.3. The van der Waals surface area contributed by atoms with Crippen LogP contribution in [0.3, 0.4) is 0 Å². The van der Waals surface area contributed by atoms with Gasteiger partial charge in [0.15, 0.2) is 5.75 Å². The fraction of sp³-hybridized carbons (Fsp3) is 0.526. The first-order valence-electron chi connectivity index (χ1n) is 9.35. The minimum Gasteiger partial charge on any atom is -0.449 e. The quantitative estimate of drug-likeness (QED) is 0.664. The van der Waals surface area contributed by atoms with Crippen molar-refractivity contribution in [2.45, 2.75) is 52.5 Å². The molecule has 9 heteroatoms. The normalized spacial score (nSPS) is 19.6. The zero-order valence-electron chi connectivity index (χ0n) is 16.1. The number of carbonyl (C=O) groups is 2. The summed E-state index contributed by atoms with van der Waals surface area (Å²) in [7, 11) is 0. The zero-order chi connectivity index (χ0) is 20.4. The zero-order valence-corrected chi connectivity index (χ0v) is 17.7. The molecule has 2 aromatic heterocycles. The van der Waals surface area contributed by atoms with Crippen LogP contribution in [0.15, 0.2) is 18.3 Å². The molecule has 1 saturated carbocycles. The molecular formula is C19H24ClN3O4S. The maximum atomic E-state index is 13.3. The molecule has 0 spiro atoms. The molecule has 0 atom stereocenters. The summed E-state index contributed by atoms with van der Waals surface area (Å²) in [6, 6.07) is 3.31. The number of amides is 1. The Balaban J connectivity index is 1.97. The second-order valence-electron chi connectivity index (χ2n) is 7.47. The maximum absolute atomic E-state index is 13.3. The molecule has 3 rings (SSSR count). The second-order valence-corrected chi connectivity index (χ2v) is 9.16. The molecule has 0 aromatic carbocycles. The highest BCUT2D eigenvalue weighted by molar-refractivity contribution is 7.18. The van der Waals surface area contributed by atoms with Crippen LogP contribution in [0.5, 0.6) is 5.75 Å². The summed E-state index contributed by atoms with van der Waals surface area (Å²) < 4.78 is 7.03. The summed E-state index contributed by atoms with van der Waals surface area (Å²) in [6.07, 6.45) is 3.72. The third-order valence-corrected chi connectivity index (χ3v) is 6.21. The summed E-state index contributed by atoms with van der Waals surface area (Å²) in [5, 5.41) is 14.3. The molecule has 0 aliphatic heterocycles. The number of halogens is 1. The van der Waals surface area contributed by atoms with E-state index >= 15 is 0 Å². The summed E-state index contributed by atoms with van der Waals surface area (Å²) >= 11 is 7.30. The van der Waals surface area contributed by atoms with Gasteiger partial charge in [0.2, 0.25) is 11.7 Å². The van der Waals surface area contributed by atoms with Crippen LogP contribution < -0.4 is 9.64 Å². The lowest BCUT2D eigenvalue weighted by atomic mass is 9.82. The van der Waals surface area contributed by atoms with Crippen molar-refractivity contribution in [3.63, 3.8) is 0 Å². The van der Waals surface area contributed by atoms with E-state index in [2.05, 4.69) is 12.0 Å². The molecule has 28 heavy (non-hydrogen) atoms. The Morgan fingerprint density at radius 2 is 2.00 bits per heavy atom. The number of rotatable bonds is 5. The van der Waals surface area contributed by atoms with E-state index < -0.39 is 6.16 Å². The lowest BCUT2D eigenvalue weighted by molar-refractivity contribution is -0.124. The molecule has 0 radical (unpaired) electrons. The average Bonchev–Trinajstić information content (AvgIpc) is 3.22. The number of hydrogen-bond acceptors (Lipinski definition) is 5. The molecule has 7 nitrogen and oxygen atoms in total. The molecular weight excluding hydrogens is 402 g/mol. The van der Waals surface area contributed by atoms with Crippen LogP contribution in [0.1, 0.15) is 46.5 Å². The second kappa shape index (κ2) is 8.53. The molecule has 152 valence electrons. The van der Waals surface area contributed by atoms with Crippen molar-refractivity contribution >= 4 is 40.8 Å². The minimum absolute atomic E-state index is 0.0308. The van der Waals surface area contributed by atoms with Crippen LogP contribution in [0.4, 0.5) is 10.6 Å². The first-order valence-corrected chi connectivity index (χ1v) is 10.5. The van der Waals surface area contributed by atoms with E-state index in [1.807, 2.05) is 13.8 Å². The fourth-order valence-corrected chi connectivity index (χ4v) is 4.49. The van der Waals surface area contributed by atoms with E-state index in [4.69, 9.17) is 21.4 Å². The largest absolute Gasteiger partial charge is 0.511 e. The first kappa shape index (κ1) is 20.7. The van der Waals surface area contributed by atoms with E-state index in [1.54, 1.807) is 17.0 Å². The molecule has 0 bridgehead atoms. The van der Waals surface area contributed by atoms with E-state index in [-0.39, 0.29) is 29.4 Å². The minimum atomic E-state index is -1.45. The molecule has 0 unspecified atom stereocenters. The standard InChI is InChI=1S/C19H24ClN3O4S/c1-11(2)23(18(24)13-6-4-12(3)5-7-13)17-14(27-19(25)26)10-22(21-17)16-9-8-15(20)28-16/h8-13H,4-7H2,1-3H3,(H,25,26)/t12-,13-. The molecule has 1 N–H and O–H groups in total. The lowest BCUT2D eigenvalue weighted by Crippen LogP contribution is -2.42. The Bertz CT molecular complexity index is 855. The number of thiophene rings is 1. The van der Waals surface area contributed by atoms with Crippen LogP contribution in [0, 0.1) is 11.8 Å². The lowest BCUT2D eigenvalue weighted by Gasteiger charge is -2.32. The van der Waals surface area contributed by atoms with Gasteiger partial charge in [-0.25, -0.2) is 9.48 Å². The van der Waals surface area contributed by atoms with Crippen LogP contribution in [-0.2, 0) is 4.79 Å². The third kappa shape index (κ3) is 4.50. The van der Waals surface area contributed by atoms with Crippen molar-refractivity contribution in [3.05, 3.63) is 22.7 Å². The fourth-order valence-electron chi connectivity index (χ4n) is 3.53. The van der Waals surface area contributed by atoms with Gasteiger partial charge in [-0.3, -0.25) is 9.69 Å². The van der Waals surface area contributed by atoms with Gasteiger partial charge in [0.1, 0.15) is 5.00 Å². The van der Waals surface area contributed by atoms with Gasteiger partial charge in [-0.15, -0.1) is 16.4 Å². The Labute approximate surface area is 172 Å². The maximum Gasteiger partial charge on any atom is 0.511 e. The summed E-state index contributed by atoms with van der Waals surface area (Å²) in [5.41, 5.74) is 0. The van der Waals surface area contributed by atoms with Crippen LogP contribution >= 0.6 is 22.9 Å². The van der Waals surface area contributed by atoms with Crippen molar-refractivity contribution in [2.24, 2.45) is 11.8 Å². The van der Waals surface area contributed by atoms with E-state index in [0.29, 0.717) is 15.3 Å². The van der Waals surface area contributed by atoms with Gasteiger partial charge in [-0.05, 0) is 57.6 Å². The number of carboxylic acid groups (broad SMARTS) is 1. The summed E-state index contributed by atoms with van der Waals surface area (Å²) in [5.74, 6) is 0.753. The SMILES string of the molecule is CC(C)N(c1nn(-c2ccc(Cl)s2)cc1OC(=O)O)C(=O)[C@H]1CC[C@H](C)CC1. The number of anilines is 1. The number of carbonyl (C=O) groups excluding carboxylic acids is 1. The predicted octanol–water partition coefficient (Wildman–Crippen LogP) is 5.21. The van der Waals surface area contributed by atoms with Gasteiger partial charge in [0.25, 0.3) is 0 Å². The van der Waals surface area contributed by atoms with Gasteiger partial charge >= 0.3 is 6.16 Å². The van der Waals surface area contributed by atoms with Crippen LogP contribution in [0.25, 0.3) is 5.00 Å². The van der Waals surface area contributed by atoms with Crippen molar-refractivity contribution in [3.8, 4) is 10.8 Å². The van der Waals surface area contributed by atoms with E-state index in [0.717, 1.165) is 25.7 Å². The highest BCUT2D eigenvalue weighted by Gasteiger charge is 2.34. The Morgan fingerprint density at radius 3 is 2.54 bits per heavy atom. The highest BCUT2D eigenvalue weighted by atomic mass is 35.5. The Morgan fingerprint density at radius 1 is 1.32 bits per heavy atom. The smallest absolute Gasteiger partial charge is 0.449 e. The topological polar surface area (TPSA) is 84.7 Å². The van der Waals surface area contributed by atoms with Gasteiger partial charge in [0.05, 0.1) is 10.5 Å². The van der Waals surface area contributed by atoms with Gasteiger partial charge in [-0.2, -0.15) is 0 Å². The monoisotopic (exact) mass is 425 g/mol. The molecule has 2 aromatic rings. The predicted molar refractivity (Wildman–Crippen MR) is 109 cm³/mol. The molecule has 1 fully saturated rings. The Kier molecular flexibility index (Phi) is 6.30. The number of aromatic nitrogens is 2. The third-order valence-electron chi connectivity index (χ3n) is 4.99. The molecule has 1 aliphatic rings. The van der Waals surface area contributed by atoms with Crippen molar-refractivity contribution in [2.75, 3.05) is 4.90 Å². The Hall–Kier alpha value is -2.06. The molecule has 0 saturated heterocycles. The number of hydrogen-bond donors (Lipinski definition) is 1. The summed E-state index contributed by atoms with van der Waals surface area (Å²) in [6.45, 7) is 5.97. The number of ether oxygens (including phenoxy) is 1. The summed E-state index contributed by atoms with van der Waals surface area (Å²) in [4.78, 5) is 26.0. The van der Waals surface area contributed by atoms with Gasteiger partial charge < -0.3 is 9.84 Å². The van der Waals surface area contributed by atoms with Crippen LogP contribution in [0.2, 0.25) is 4.34 Å². The van der Waals surface area contributed by atoms with E-state index in [9.17, 15) is 9.59 Å². The van der Waals surface area contributed by atoms with Crippen molar-refractivity contribution in [1.82, 2.24) is 9.78 Å². The van der Waals surface area contributed by atoms with Gasteiger partial charge in [0, 0.05) is 12.0 Å².